The van der Waals surface area contributed by atoms with Gasteiger partial charge in [-0.05, 0) is 46.6 Å². The maximum absolute atomic E-state index is 10.4. The van der Waals surface area contributed by atoms with Gasteiger partial charge in [0.2, 0.25) is 0 Å². The van der Waals surface area contributed by atoms with Crippen LogP contribution < -0.4 is 0 Å². The molecule has 1 N–H and O–H groups in total. The summed E-state index contributed by atoms with van der Waals surface area (Å²) in [5.41, 5.74) is -0.376. The fourth-order valence-electron chi connectivity index (χ4n) is 3.31. The van der Waals surface area contributed by atoms with Crippen LogP contribution in [0.4, 0.5) is 0 Å². The summed E-state index contributed by atoms with van der Waals surface area (Å²) in [7, 11) is 2.10. The van der Waals surface area contributed by atoms with Gasteiger partial charge in [-0.1, -0.05) is 12.8 Å². The van der Waals surface area contributed by atoms with Crippen LogP contribution in [0, 0.1) is 0 Å². The minimum atomic E-state index is -0.428. The topological polar surface area (TPSA) is 32.7 Å². The van der Waals surface area contributed by atoms with Crippen LogP contribution in [0.5, 0.6) is 0 Å². The van der Waals surface area contributed by atoms with Gasteiger partial charge in [0.05, 0.1) is 17.3 Å². The van der Waals surface area contributed by atoms with Gasteiger partial charge in [-0.2, -0.15) is 0 Å². The highest BCUT2D eigenvalue weighted by atomic mass is 16.5. The zero-order chi connectivity index (χ0) is 12.5. The lowest BCUT2D eigenvalue weighted by atomic mass is 10.0. The molecule has 2 aliphatic rings. The van der Waals surface area contributed by atoms with Gasteiger partial charge in [0.15, 0.2) is 0 Å². The Kier molecular flexibility index (Phi) is 3.81. The van der Waals surface area contributed by atoms with E-state index >= 15 is 0 Å². The molecule has 3 nitrogen and oxygen atoms in total. The van der Waals surface area contributed by atoms with Crippen molar-refractivity contribution in [3.05, 3.63) is 0 Å². The third-order valence-electron chi connectivity index (χ3n) is 4.17. The summed E-state index contributed by atoms with van der Waals surface area (Å²) in [4.78, 5) is 2.25. The SMILES string of the molecule is CN(CC1CCC(C)(C)O1)CC1(O)CCCC1. The van der Waals surface area contributed by atoms with E-state index in [4.69, 9.17) is 4.74 Å². The summed E-state index contributed by atoms with van der Waals surface area (Å²) in [5.74, 6) is 0. The molecule has 0 aromatic heterocycles. The van der Waals surface area contributed by atoms with Crippen molar-refractivity contribution in [3.63, 3.8) is 0 Å². The van der Waals surface area contributed by atoms with Gasteiger partial charge < -0.3 is 14.7 Å². The Morgan fingerprint density at radius 2 is 1.88 bits per heavy atom. The van der Waals surface area contributed by atoms with Crippen molar-refractivity contribution >= 4 is 0 Å². The molecule has 1 aliphatic heterocycles. The van der Waals surface area contributed by atoms with E-state index in [-0.39, 0.29) is 5.60 Å². The van der Waals surface area contributed by atoms with Crippen LogP contribution >= 0.6 is 0 Å². The second kappa shape index (κ2) is 4.87. The molecular formula is C14H27NO2. The smallest absolute Gasteiger partial charge is 0.0774 e. The van der Waals surface area contributed by atoms with Crippen LogP contribution in [0.1, 0.15) is 52.4 Å². The molecule has 0 amide bonds. The average Bonchev–Trinajstić information content (AvgIpc) is 2.73. The van der Waals surface area contributed by atoms with Crippen LogP contribution in [0.2, 0.25) is 0 Å². The number of aliphatic hydroxyl groups is 1. The lowest BCUT2D eigenvalue weighted by Crippen LogP contribution is -2.42. The van der Waals surface area contributed by atoms with Crippen molar-refractivity contribution in [2.75, 3.05) is 20.1 Å². The number of likely N-dealkylation sites (N-methyl/N-ethyl adjacent to an activating group) is 1. The fourth-order valence-corrected chi connectivity index (χ4v) is 3.31. The van der Waals surface area contributed by atoms with Crippen molar-refractivity contribution in [1.29, 1.82) is 0 Å². The maximum Gasteiger partial charge on any atom is 0.0774 e. The van der Waals surface area contributed by atoms with Crippen LogP contribution in [0.15, 0.2) is 0 Å². The van der Waals surface area contributed by atoms with E-state index in [0.29, 0.717) is 6.10 Å². The first-order valence-electron chi connectivity index (χ1n) is 6.97. The first-order chi connectivity index (χ1) is 7.89. The van der Waals surface area contributed by atoms with Crippen LogP contribution in [0.25, 0.3) is 0 Å². The summed E-state index contributed by atoms with van der Waals surface area (Å²) in [6, 6.07) is 0. The molecule has 0 bridgehead atoms. The molecule has 0 aromatic carbocycles. The molecule has 1 saturated carbocycles. The normalized spacial score (nSPS) is 31.2. The fraction of sp³-hybridized carbons (Fsp3) is 1.00. The first-order valence-corrected chi connectivity index (χ1v) is 6.97. The number of rotatable bonds is 4. The third-order valence-corrected chi connectivity index (χ3v) is 4.17. The predicted octanol–water partition coefficient (Wildman–Crippen LogP) is 2.18. The molecule has 2 fully saturated rings. The highest BCUT2D eigenvalue weighted by molar-refractivity contribution is 4.88. The lowest BCUT2D eigenvalue weighted by molar-refractivity contribution is -0.0396. The van der Waals surface area contributed by atoms with E-state index in [1.165, 1.54) is 12.8 Å². The highest BCUT2D eigenvalue weighted by Crippen LogP contribution is 2.32. The largest absolute Gasteiger partial charge is 0.389 e. The number of hydrogen-bond donors (Lipinski definition) is 1. The molecule has 1 saturated heterocycles. The van der Waals surface area contributed by atoms with Crippen LogP contribution in [-0.4, -0.2) is 47.4 Å². The summed E-state index contributed by atoms with van der Waals surface area (Å²) in [6.45, 7) is 6.08. The molecule has 2 rings (SSSR count). The zero-order valence-electron chi connectivity index (χ0n) is 11.5. The zero-order valence-corrected chi connectivity index (χ0v) is 11.5. The third kappa shape index (κ3) is 3.67. The quantitative estimate of drug-likeness (QED) is 0.819. The summed E-state index contributed by atoms with van der Waals surface area (Å²) >= 11 is 0. The predicted molar refractivity (Wildman–Crippen MR) is 69.1 cm³/mol. The minimum absolute atomic E-state index is 0.0514. The van der Waals surface area contributed by atoms with E-state index < -0.39 is 5.60 Å². The van der Waals surface area contributed by atoms with E-state index in [1.54, 1.807) is 0 Å². The molecular weight excluding hydrogens is 214 g/mol. The molecule has 100 valence electrons. The molecule has 1 atom stereocenters. The van der Waals surface area contributed by atoms with Gasteiger partial charge in [0.1, 0.15) is 0 Å². The summed E-state index contributed by atoms with van der Waals surface area (Å²) < 4.78 is 5.99. The van der Waals surface area contributed by atoms with E-state index in [1.807, 2.05) is 0 Å². The Morgan fingerprint density at radius 3 is 2.41 bits per heavy atom. The van der Waals surface area contributed by atoms with Crippen molar-refractivity contribution in [1.82, 2.24) is 4.90 Å². The molecule has 0 spiro atoms. The van der Waals surface area contributed by atoms with E-state index in [0.717, 1.165) is 38.8 Å². The van der Waals surface area contributed by atoms with Crippen molar-refractivity contribution in [2.24, 2.45) is 0 Å². The molecule has 3 heteroatoms. The highest BCUT2D eigenvalue weighted by Gasteiger charge is 2.35. The second-order valence-electron chi connectivity index (χ2n) is 6.67. The Bertz CT molecular complexity index is 259. The molecule has 1 heterocycles. The molecule has 0 aromatic rings. The molecule has 1 unspecified atom stereocenters. The maximum atomic E-state index is 10.4. The summed E-state index contributed by atoms with van der Waals surface area (Å²) in [6.07, 6.45) is 6.93. The Labute approximate surface area is 105 Å². The summed E-state index contributed by atoms with van der Waals surface area (Å²) in [5, 5.41) is 10.4. The molecule has 17 heavy (non-hydrogen) atoms. The van der Waals surface area contributed by atoms with Gasteiger partial charge in [-0.25, -0.2) is 0 Å². The van der Waals surface area contributed by atoms with Crippen molar-refractivity contribution < 1.29 is 9.84 Å². The van der Waals surface area contributed by atoms with E-state index in [9.17, 15) is 5.11 Å². The molecule has 1 aliphatic carbocycles. The number of hydrogen-bond acceptors (Lipinski definition) is 3. The second-order valence-corrected chi connectivity index (χ2v) is 6.67. The monoisotopic (exact) mass is 241 g/mol. The first kappa shape index (κ1) is 13.3. The Morgan fingerprint density at radius 1 is 1.24 bits per heavy atom. The lowest BCUT2D eigenvalue weighted by Gasteiger charge is -2.30. The molecule has 0 radical (unpaired) electrons. The number of nitrogens with zero attached hydrogens (tertiary/aromatic N) is 1. The van der Waals surface area contributed by atoms with Gasteiger partial charge in [0.25, 0.3) is 0 Å². The van der Waals surface area contributed by atoms with Crippen LogP contribution in [-0.2, 0) is 4.74 Å². The Hall–Kier alpha value is -0.120. The minimum Gasteiger partial charge on any atom is -0.389 e. The van der Waals surface area contributed by atoms with Crippen molar-refractivity contribution in [3.8, 4) is 0 Å². The van der Waals surface area contributed by atoms with Gasteiger partial charge >= 0.3 is 0 Å². The van der Waals surface area contributed by atoms with E-state index in [2.05, 4.69) is 25.8 Å². The Balaban J connectivity index is 1.76. The number of ether oxygens (including phenoxy) is 1. The van der Waals surface area contributed by atoms with Gasteiger partial charge in [-0.3, -0.25) is 0 Å². The average molecular weight is 241 g/mol. The van der Waals surface area contributed by atoms with Crippen LogP contribution in [0.3, 0.4) is 0 Å². The van der Waals surface area contributed by atoms with Gasteiger partial charge in [0, 0.05) is 13.1 Å². The van der Waals surface area contributed by atoms with Gasteiger partial charge in [-0.15, -0.1) is 0 Å². The standard InChI is InChI=1S/C14H27NO2/c1-13(2)9-6-12(17-13)10-15(3)11-14(16)7-4-5-8-14/h12,16H,4-11H2,1-3H3. The van der Waals surface area contributed by atoms with Crippen molar-refractivity contribution in [2.45, 2.75) is 69.7 Å².